The minimum atomic E-state index is -0.255. The summed E-state index contributed by atoms with van der Waals surface area (Å²) in [7, 11) is 1.65. The first kappa shape index (κ1) is 18.9. The maximum atomic E-state index is 13.0. The van der Waals surface area contributed by atoms with E-state index in [-0.39, 0.29) is 11.8 Å². The molecule has 2 heterocycles. The molecule has 0 fully saturated rings. The van der Waals surface area contributed by atoms with Crippen molar-refractivity contribution in [1.29, 1.82) is 0 Å². The number of ketones is 1. The molecule has 0 unspecified atom stereocenters. The molecule has 1 atom stereocenters. The van der Waals surface area contributed by atoms with Crippen LogP contribution in [-0.2, 0) is 4.79 Å². The van der Waals surface area contributed by atoms with Crippen molar-refractivity contribution in [1.82, 2.24) is 9.78 Å². The van der Waals surface area contributed by atoms with Crippen molar-refractivity contribution in [3.05, 3.63) is 76.1 Å². The Balaban J connectivity index is 1.71. The molecule has 0 radical (unpaired) electrons. The summed E-state index contributed by atoms with van der Waals surface area (Å²) < 4.78 is 7.28. The number of fused-ring (bicyclic) bond motifs is 1. The van der Waals surface area contributed by atoms with E-state index in [1.165, 1.54) is 0 Å². The van der Waals surface area contributed by atoms with E-state index in [2.05, 4.69) is 5.32 Å². The second-order valence-electron chi connectivity index (χ2n) is 7.73. The summed E-state index contributed by atoms with van der Waals surface area (Å²) in [5, 5.41) is 9.13. The minimum Gasteiger partial charge on any atom is -0.497 e. The van der Waals surface area contributed by atoms with Gasteiger partial charge in [-0.3, -0.25) is 4.79 Å². The van der Waals surface area contributed by atoms with Gasteiger partial charge in [-0.25, -0.2) is 4.68 Å². The lowest BCUT2D eigenvalue weighted by atomic mass is 9.85. The van der Waals surface area contributed by atoms with Gasteiger partial charge in [0.15, 0.2) is 5.78 Å². The molecule has 3 aromatic rings. The Morgan fingerprint density at radius 1 is 1.10 bits per heavy atom. The molecule has 2 aliphatic rings. The van der Waals surface area contributed by atoms with E-state index in [4.69, 9.17) is 21.4 Å². The predicted octanol–water partition coefficient (Wildman–Crippen LogP) is 5.54. The Bertz CT molecular complexity index is 1160. The second kappa shape index (κ2) is 7.33. The number of halogens is 1. The molecule has 0 bridgehead atoms. The summed E-state index contributed by atoms with van der Waals surface area (Å²) in [6.07, 6.45) is 2.30. The molecule has 0 amide bonds. The maximum Gasteiger partial charge on any atom is 0.163 e. The van der Waals surface area contributed by atoms with Crippen molar-refractivity contribution < 1.29 is 9.53 Å². The Kier molecular flexibility index (Phi) is 4.63. The first-order valence-corrected chi connectivity index (χ1v) is 10.5. The van der Waals surface area contributed by atoms with E-state index >= 15 is 0 Å². The van der Waals surface area contributed by atoms with Crippen molar-refractivity contribution >= 4 is 23.2 Å². The van der Waals surface area contributed by atoms with Crippen molar-refractivity contribution in [3.8, 4) is 16.9 Å². The fourth-order valence-electron chi connectivity index (χ4n) is 4.49. The summed E-state index contributed by atoms with van der Waals surface area (Å²) in [5.41, 5.74) is 5.84. The van der Waals surface area contributed by atoms with E-state index in [9.17, 15) is 4.79 Å². The maximum absolute atomic E-state index is 13.0. The molecule has 0 spiro atoms. The van der Waals surface area contributed by atoms with Gasteiger partial charge < -0.3 is 10.1 Å². The number of rotatable bonds is 3. The molecule has 30 heavy (non-hydrogen) atoms. The smallest absolute Gasteiger partial charge is 0.163 e. The quantitative estimate of drug-likeness (QED) is 0.605. The van der Waals surface area contributed by atoms with E-state index in [0.29, 0.717) is 11.4 Å². The predicted molar refractivity (Wildman–Crippen MR) is 118 cm³/mol. The fraction of sp³-hybridized carbons (Fsp3) is 0.250. The SMILES string of the molecule is COc1ccc([C@@H]2C3=C(CCCC3=O)Nc3c(-c4ccc(Cl)cc4)c(C)nn32)cc1. The van der Waals surface area contributed by atoms with E-state index in [0.717, 1.165) is 58.1 Å². The molecule has 6 heteroatoms. The first-order chi connectivity index (χ1) is 14.6. The highest BCUT2D eigenvalue weighted by molar-refractivity contribution is 6.30. The second-order valence-corrected chi connectivity index (χ2v) is 8.17. The standard InChI is InChI=1S/C24H22ClN3O2/c1-14-21(15-6-10-17(25)11-7-15)24-26-19-4-3-5-20(29)22(19)23(28(24)27-14)16-8-12-18(30-2)13-9-16/h6-13,23,26H,3-5H2,1-2H3/t23-/m1/s1. The number of anilines is 1. The number of nitrogens with zero attached hydrogens (tertiary/aromatic N) is 2. The Morgan fingerprint density at radius 2 is 1.83 bits per heavy atom. The third kappa shape index (κ3) is 3.01. The van der Waals surface area contributed by atoms with Gasteiger partial charge >= 0.3 is 0 Å². The number of aryl methyl sites for hydroxylation is 1. The number of ether oxygens (including phenoxy) is 1. The molecule has 1 N–H and O–H groups in total. The lowest BCUT2D eigenvalue weighted by Crippen LogP contribution is -2.31. The number of nitrogens with one attached hydrogen (secondary N) is 1. The van der Waals surface area contributed by atoms with Gasteiger partial charge in [0.05, 0.1) is 12.8 Å². The van der Waals surface area contributed by atoms with E-state index < -0.39 is 0 Å². The zero-order valence-electron chi connectivity index (χ0n) is 16.9. The van der Waals surface area contributed by atoms with Gasteiger partial charge in [-0.1, -0.05) is 35.9 Å². The highest BCUT2D eigenvalue weighted by atomic mass is 35.5. The summed E-state index contributed by atoms with van der Waals surface area (Å²) >= 11 is 6.10. The van der Waals surface area contributed by atoms with Crippen LogP contribution in [0.3, 0.4) is 0 Å². The number of carbonyl (C=O) groups is 1. The van der Waals surface area contributed by atoms with Crippen LogP contribution in [0.2, 0.25) is 5.02 Å². The molecule has 0 saturated carbocycles. The zero-order chi connectivity index (χ0) is 20.8. The largest absolute Gasteiger partial charge is 0.497 e. The third-order valence-corrected chi connectivity index (χ3v) is 6.15. The molecular formula is C24H22ClN3O2. The van der Waals surface area contributed by atoms with Crippen molar-refractivity contribution in [2.75, 3.05) is 12.4 Å². The number of Topliss-reactive ketones (excluding diaryl/α,β-unsaturated/α-hetero) is 1. The first-order valence-electron chi connectivity index (χ1n) is 10.1. The zero-order valence-corrected chi connectivity index (χ0v) is 17.7. The van der Waals surface area contributed by atoms with Gasteiger partial charge in [0.25, 0.3) is 0 Å². The van der Waals surface area contributed by atoms with Gasteiger partial charge in [0.1, 0.15) is 17.6 Å². The number of hydrogen-bond acceptors (Lipinski definition) is 4. The molecule has 2 aromatic carbocycles. The number of benzene rings is 2. The van der Waals surface area contributed by atoms with Gasteiger partial charge in [0, 0.05) is 28.3 Å². The lowest BCUT2D eigenvalue weighted by Gasteiger charge is -2.33. The topological polar surface area (TPSA) is 56.1 Å². The van der Waals surface area contributed by atoms with Crippen LogP contribution >= 0.6 is 11.6 Å². The van der Waals surface area contributed by atoms with Crippen LogP contribution in [0, 0.1) is 6.92 Å². The summed E-state index contributed by atoms with van der Waals surface area (Å²) in [6, 6.07) is 15.4. The number of allylic oxidation sites excluding steroid dienone is 2. The van der Waals surface area contributed by atoms with Gasteiger partial charge in [-0.2, -0.15) is 5.10 Å². The molecule has 152 valence electrons. The van der Waals surface area contributed by atoms with Gasteiger partial charge in [-0.15, -0.1) is 0 Å². The highest BCUT2D eigenvalue weighted by Gasteiger charge is 2.37. The average molecular weight is 420 g/mol. The van der Waals surface area contributed by atoms with Crippen LogP contribution < -0.4 is 10.1 Å². The van der Waals surface area contributed by atoms with Crippen LogP contribution in [0.25, 0.3) is 11.1 Å². The summed E-state index contributed by atoms with van der Waals surface area (Å²) in [4.78, 5) is 13.0. The van der Waals surface area contributed by atoms with Gasteiger partial charge in [0.2, 0.25) is 0 Å². The molecule has 1 aromatic heterocycles. The molecule has 1 aliphatic heterocycles. The van der Waals surface area contributed by atoms with Crippen molar-refractivity contribution in [3.63, 3.8) is 0 Å². The lowest BCUT2D eigenvalue weighted by molar-refractivity contribution is -0.116. The Labute approximate surface area is 180 Å². The molecular weight excluding hydrogens is 398 g/mol. The van der Waals surface area contributed by atoms with Crippen molar-refractivity contribution in [2.24, 2.45) is 0 Å². The monoisotopic (exact) mass is 419 g/mol. The van der Waals surface area contributed by atoms with Crippen LogP contribution in [0.4, 0.5) is 5.82 Å². The summed E-state index contributed by atoms with van der Waals surface area (Å²) in [5.74, 6) is 1.90. The molecule has 5 nitrogen and oxygen atoms in total. The van der Waals surface area contributed by atoms with E-state index in [1.54, 1.807) is 7.11 Å². The molecule has 0 saturated heterocycles. The third-order valence-electron chi connectivity index (χ3n) is 5.89. The molecule has 5 rings (SSSR count). The number of methoxy groups -OCH3 is 1. The normalized spacial score (nSPS) is 18.0. The Hall–Kier alpha value is -3.05. The van der Waals surface area contributed by atoms with Crippen LogP contribution in [-0.4, -0.2) is 22.7 Å². The number of hydrogen-bond donors (Lipinski definition) is 1. The van der Waals surface area contributed by atoms with Crippen LogP contribution in [0.5, 0.6) is 5.75 Å². The van der Waals surface area contributed by atoms with E-state index in [1.807, 2.05) is 60.1 Å². The van der Waals surface area contributed by atoms with Crippen molar-refractivity contribution in [2.45, 2.75) is 32.2 Å². The number of aromatic nitrogens is 2. The number of carbonyl (C=O) groups excluding carboxylic acids is 1. The fourth-order valence-corrected chi connectivity index (χ4v) is 4.61. The highest BCUT2D eigenvalue weighted by Crippen LogP contribution is 2.45. The van der Waals surface area contributed by atoms with Crippen LogP contribution in [0.1, 0.15) is 36.6 Å². The van der Waals surface area contributed by atoms with Gasteiger partial charge in [-0.05, 0) is 55.2 Å². The minimum absolute atomic E-state index is 0.191. The average Bonchev–Trinajstić information content (AvgIpc) is 3.08. The Morgan fingerprint density at radius 3 is 2.53 bits per heavy atom. The summed E-state index contributed by atoms with van der Waals surface area (Å²) in [6.45, 7) is 2.00. The van der Waals surface area contributed by atoms with Crippen LogP contribution in [0.15, 0.2) is 59.8 Å². The molecule has 1 aliphatic carbocycles.